The van der Waals surface area contributed by atoms with E-state index in [-0.39, 0.29) is 11.8 Å². The molecule has 4 aromatic rings. The number of para-hydroxylation sites is 2. The van der Waals surface area contributed by atoms with Crippen LogP contribution in [0.3, 0.4) is 0 Å². The average Bonchev–Trinajstić information content (AvgIpc) is 3.41. The molecule has 30 heavy (non-hydrogen) atoms. The predicted molar refractivity (Wildman–Crippen MR) is 124 cm³/mol. The summed E-state index contributed by atoms with van der Waals surface area (Å²) in [5.41, 5.74) is 6.86. The quantitative estimate of drug-likeness (QED) is 0.283. The minimum Gasteiger partial charge on any atom is -0.312 e. The van der Waals surface area contributed by atoms with Crippen molar-refractivity contribution in [1.82, 2.24) is 9.55 Å². The van der Waals surface area contributed by atoms with Crippen molar-refractivity contribution in [2.75, 3.05) is 5.75 Å². The number of aromatic nitrogens is 2. The minimum absolute atomic E-state index is 0.135. The van der Waals surface area contributed by atoms with E-state index in [1.54, 1.807) is 0 Å². The summed E-state index contributed by atoms with van der Waals surface area (Å²) in [6.07, 6.45) is 3.43. The number of Topliss-reactive ketones (excluding diaryl/α,β-unsaturated/α-hetero) is 1. The third kappa shape index (κ3) is 3.56. The summed E-state index contributed by atoms with van der Waals surface area (Å²) in [6, 6.07) is 25.0. The number of ketones is 1. The van der Waals surface area contributed by atoms with E-state index in [2.05, 4.69) is 54.0 Å². The Kier molecular flexibility index (Phi) is 5.17. The fourth-order valence-electron chi connectivity index (χ4n) is 4.34. The highest BCUT2D eigenvalue weighted by Crippen LogP contribution is 2.31. The topological polar surface area (TPSA) is 34.9 Å². The lowest BCUT2D eigenvalue weighted by atomic mass is 10.0. The van der Waals surface area contributed by atoms with E-state index >= 15 is 0 Å². The Morgan fingerprint density at radius 1 is 1.00 bits per heavy atom. The highest BCUT2D eigenvalue weighted by molar-refractivity contribution is 7.99. The molecule has 0 saturated heterocycles. The number of hydrogen-bond donors (Lipinski definition) is 0. The van der Waals surface area contributed by atoms with Crippen LogP contribution in [0.4, 0.5) is 0 Å². The van der Waals surface area contributed by atoms with Gasteiger partial charge in [-0.2, -0.15) is 0 Å². The molecule has 3 nitrogen and oxygen atoms in total. The second kappa shape index (κ2) is 8.11. The fourth-order valence-corrected chi connectivity index (χ4v) is 5.32. The van der Waals surface area contributed by atoms with Gasteiger partial charge in [0.2, 0.25) is 0 Å². The molecule has 0 bridgehead atoms. The first-order valence-electron chi connectivity index (χ1n) is 10.5. The maximum absolute atomic E-state index is 12.9. The maximum atomic E-state index is 12.9. The van der Waals surface area contributed by atoms with Crippen molar-refractivity contribution in [2.24, 2.45) is 0 Å². The Morgan fingerprint density at radius 2 is 1.77 bits per heavy atom. The molecule has 4 heteroatoms. The molecule has 0 amide bonds. The van der Waals surface area contributed by atoms with Gasteiger partial charge in [-0.1, -0.05) is 66.4 Å². The number of imidazole rings is 1. The molecular weight excluding hydrogens is 388 g/mol. The average molecular weight is 413 g/mol. The van der Waals surface area contributed by atoms with Crippen LogP contribution in [-0.4, -0.2) is 21.1 Å². The van der Waals surface area contributed by atoms with Crippen LogP contribution in [0.2, 0.25) is 0 Å². The summed E-state index contributed by atoms with van der Waals surface area (Å²) < 4.78 is 2.26. The number of nitrogens with zero attached hydrogens (tertiary/aromatic N) is 2. The second-order valence-electron chi connectivity index (χ2n) is 7.89. The first-order chi connectivity index (χ1) is 14.7. The van der Waals surface area contributed by atoms with Crippen LogP contribution in [0, 0.1) is 0 Å². The summed E-state index contributed by atoms with van der Waals surface area (Å²) in [7, 11) is 0. The Labute approximate surface area is 181 Å². The van der Waals surface area contributed by atoms with Crippen LogP contribution < -0.4 is 0 Å². The number of benzene rings is 3. The van der Waals surface area contributed by atoms with Crippen molar-refractivity contribution in [1.29, 1.82) is 0 Å². The van der Waals surface area contributed by atoms with E-state index < -0.39 is 0 Å². The minimum atomic E-state index is 0.135. The molecule has 1 aromatic heterocycles. The summed E-state index contributed by atoms with van der Waals surface area (Å²) in [6.45, 7) is 2.19. The first kappa shape index (κ1) is 19.1. The summed E-state index contributed by atoms with van der Waals surface area (Å²) in [5.74, 6) is 0.560. The Morgan fingerprint density at radius 3 is 2.63 bits per heavy atom. The zero-order valence-corrected chi connectivity index (χ0v) is 17.9. The van der Waals surface area contributed by atoms with Gasteiger partial charge in [0.15, 0.2) is 10.9 Å². The van der Waals surface area contributed by atoms with Gasteiger partial charge in [0.05, 0.1) is 22.8 Å². The molecule has 0 radical (unpaired) electrons. The number of rotatable bonds is 6. The highest BCUT2D eigenvalue weighted by atomic mass is 32.2. The molecule has 0 saturated carbocycles. The number of fused-ring (bicyclic) bond motifs is 2. The lowest BCUT2D eigenvalue weighted by Gasteiger charge is -2.18. The van der Waals surface area contributed by atoms with E-state index in [1.165, 1.54) is 34.9 Å². The van der Waals surface area contributed by atoms with Crippen LogP contribution in [-0.2, 0) is 12.8 Å². The van der Waals surface area contributed by atoms with E-state index in [9.17, 15) is 4.79 Å². The van der Waals surface area contributed by atoms with Crippen molar-refractivity contribution in [3.63, 3.8) is 0 Å². The monoisotopic (exact) mass is 412 g/mol. The van der Waals surface area contributed by atoms with Gasteiger partial charge in [-0.15, -0.1) is 0 Å². The predicted octanol–water partition coefficient (Wildman–Crippen LogP) is 6.11. The van der Waals surface area contributed by atoms with Gasteiger partial charge in [-0.3, -0.25) is 4.79 Å². The van der Waals surface area contributed by atoms with Crippen LogP contribution >= 0.6 is 11.8 Å². The SMILES string of the molecule is CC(c1ccccc1)n1c(SCC(=O)c2ccc3c(c2)CCC3)nc2ccccc21. The van der Waals surface area contributed by atoms with Crippen molar-refractivity contribution in [3.05, 3.63) is 95.1 Å². The van der Waals surface area contributed by atoms with Gasteiger partial charge >= 0.3 is 0 Å². The van der Waals surface area contributed by atoms with Crippen molar-refractivity contribution in [2.45, 2.75) is 37.4 Å². The van der Waals surface area contributed by atoms with Gasteiger partial charge in [0, 0.05) is 5.56 Å². The fraction of sp³-hybridized carbons (Fsp3) is 0.231. The third-order valence-electron chi connectivity index (χ3n) is 5.99. The lowest BCUT2D eigenvalue weighted by Crippen LogP contribution is -2.10. The molecule has 1 aliphatic rings. The lowest BCUT2D eigenvalue weighted by molar-refractivity contribution is 0.102. The Hall–Kier alpha value is -2.85. The summed E-state index contributed by atoms with van der Waals surface area (Å²) >= 11 is 1.53. The Bertz CT molecular complexity index is 1210. The number of thioether (sulfide) groups is 1. The second-order valence-corrected chi connectivity index (χ2v) is 8.83. The third-order valence-corrected chi connectivity index (χ3v) is 6.94. The molecule has 1 atom stereocenters. The van der Waals surface area contributed by atoms with Crippen LogP contribution in [0.25, 0.3) is 11.0 Å². The zero-order valence-electron chi connectivity index (χ0n) is 17.0. The van der Waals surface area contributed by atoms with Gasteiger partial charge in [0.1, 0.15) is 0 Å². The first-order valence-corrected chi connectivity index (χ1v) is 11.5. The van der Waals surface area contributed by atoms with E-state index in [0.29, 0.717) is 5.75 Å². The van der Waals surface area contributed by atoms with Crippen LogP contribution in [0.5, 0.6) is 0 Å². The molecule has 0 aliphatic heterocycles. The highest BCUT2D eigenvalue weighted by Gasteiger charge is 2.19. The van der Waals surface area contributed by atoms with E-state index in [0.717, 1.165) is 34.6 Å². The largest absolute Gasteiger partial charge is 0.312 e. The molecule has 1 heterocycles. The van der Waals surface area contributed by atoms with Gasteiger partial charge < -0.3 is 4.57 Å². The van der Waals surface area contributed by atoms with E-state index in [4.69, 9.17) is 4.98 Å². The Balaban J connectivity index is 1.43. The molecule has 0 spiro atoms. The zero-order chi connectivity index (χ0) is 20.5. The maximum Gasteiger partial charge on any atom is 0.173 e. The normalized spacial score (nSPS) is 14.0. The molecule has 150 valence electrons. The van der Waals surface area contributed by atoms with Crippen molar-refractivity contribution in [3.8, 4) is 0 Å². The summed E-state index contributed by atoms with van der Waals surface area (Å²) in [5, 5.41) is 0.891. The molecule has 3 aromatic carbocycles. The van der Waals surface area contributed by atoms with Crippen molar-refractivity contribution < 1.29 is 4.79 Å². The van der Waals surface area contributed by atoms with Gasteiger partial charge in [0.25, 0.3) is 0 Å². The van der Waals surface area contributed by atoms with Crippen LogP contribution in [0.1, 0.15) is 46.4 Å². The molecule has 0 N–H and O–H groups in total. The molecule has 5 rings (SSSR count). The molecule has 1 aliphatic carbocycles. The number of hydrogen-bond acceptors (Lipinski definition) is 3. The number of carbonyl (C=O) groups is 1. The molecule has 0 fully saturated rings. The summed E-state index contributed by atoms with van der Waals surface area (Å²) in [4.78, 5) is 17.8. The number of carbonyl (C=O) groups excluding carboxylic acids is 1. The smallest absolute Gasteiger partial charge is 0.173 e. The van der Waals surface area contributed by atoms with Gasteiger partial charge in [-0.05, 0) is 61.1 Å². The standard InChI is InChI=1S/C26H24N2OS/c1-18(19-8-3-2-4-9-19)28-24-13-6-5-12-23(24)27-26(28)30-17-25(29)22-15-14-20-10-7-11-21(20)16-22/h2-6,8-9,12-16,18H,7,10-11,17H2,1H3. The molecular formula is C26H24N2OS. The van der Waals surface area contributed by atoms with Crippen molar-refractivity contribution >= 4 is 28.6 Å². The van der Waals surface area contributed by atoms with Crippen LogP contribution in [0.15, 0.2) is 78.0 Å². The van der Waals surface area contributed by atoms with E-state index in [1.807, 2.05) is 30.3 Å². The molecule has 1 unspecified atom stereocenters. The number of aryl methyl sites for hydroxylation is 2. The van der Waals surface area contributed by atoms with Gasteiger partial charge in [-0.25, -0.2) is 4.98 Å².